The van der Waals surface area contributed by atoms with Crippen molar-refractivity contribution in [3.8, 4) is 34.5 Å². The van der Waals surface area contributed by atoms with Crippen molar-refractivity contribution in [1.29, 1.82) is 0 Å². The molecular weight excluding hydrogens is 608 g/mol. The third-order valence-electron chi connectivity index (χ3n) is 8.80. The number of benzene rings is 4. The van der Waals surface area contributed by atoms with Crippen LogP contribution in [0.3, 0.4) is 0 Å². The van der Waals surface area contributed by atoms with Gasteiger partial charge in [0, 0.05) is 23.0 Å². The number of aromatic hydroxyl groups is 6. The van der Waals surface area contributed by atoms with Crippen molar-refractivity contribution in [1.82, 2.24) is 0 Å². The highest BCUT2D eigenvalue weighted by Gasteiger charge is 2.43. The van der Waals surface area contributed by atoms with Crippen molar-refractivity contribution in [3.63, 3.8) is 0 Å². The smallest absolute Gasteiger partial charge is 0.189 e. The zero-order valence-electron chi connectivity index (χ0n) is 26.9. The van der Waals surface area contributed by atoms with Crippen LogP contribution in [-0.2, 0) is 6.42 Å². The third-order valence-corrected chi connectivity index (χ3v) is 8.80. The minimum atomic E-state index is -0.986. The van der Waals surface area contributed by atoms with Crippen LogP contribution < -0.4 is 0 Å². The van der Waals surface area contributed by atoms with Crippen LogP contribution in [0.5, 0.6) is 34.5 Å². The van der Waals surface area contributed by atoms with Gasteiger partial charge < -0.3 is 30.6 Å². The van der Waals surface area contributed by atoms with E-state index < -0.39 is 35.1 Å². The lowest BCUT2D eigenvalue weighted by Gasteiger charge is -2.37. The van der Waals surface area contributed by atoms with E-state index >= 15 is 0 Å². The van der Waals surface area contributed by atoms with Crippen LogP contribution in [0.4, 0.5) is 0 Å². The van der Waals surface area contributed by atoms with E-state index in [9.17, 15) is 40.2 Å². The molecule has 0 aliphatic heterocycles. The Morgan fingerprint density at radius 2 is 1.35 bits per heavy atom. The summed E-state index contributed by atoms with van der Waals surface area (Å²) in [5.74, 6) is -4.66. The van der Waals surface area contributed by atoms with Crippen LogP contribution in [0.1, 0.15) is 82.0 Å². The van der Waals surface area contributed by atoms with Crippen molar-refractivity contribution in [2.75, 3.05) is 0 Å². The predicted octanol–water partition coefficient (Wildman–Crippen LogP) is 8.04. The Kier molecular flexibility index (Phi) is 9.75. The van der Waals surface area contributed by atoms with E-state index in [-0.39, 0.29) is 57.4 Å². The Morgan fingerprint density at radius 3 is 2.00 bits per heavy atom. The molecule has 0 bridgehead atoms. The quantitative estimate of drug-likeness (QED) is 0.0606. The average Bonchev–Trinajstić information content (AvgIpc) is 3.04. The van der Waals surface area contributed by atoms with Gasteiger partial charge in [-0.1, -0.05) is 53.6 Å². The average molecular weight is 647 g/mol. The Labute approximate surface area is 278 Å². The first-order valence-corrected chi connectivity index (χ1v) is 15.6. The maximum absolute atomic E-state index is 14.7. The molecule has 48 heavy (non-hydrogen) atoms. The fraction of sp³-hybridized carbons (Fsp3) is 0.200. The lowest BCUT2D eigenvalue weighted by Crippen LogP contribution is -2.31. The molecule has 0 saturated heterocycles. The molecule has 4 aromatic carbocycles. The van der Waals surface area contributed by atoms with Crippen LogP contribution in [0.2, 0.25) is 0 Å². The maximum atomic E-state index is 14.7. The molecule has 1 aliphatic carbocycles. The number of hydrogen-bond donors (Lipinski definition) is 6. The Balaban J connectivity index is 1.65. The SMILES string of the molecule is CC(C)=CCc1c(O)ccc(C(=O)[C@@H]2[C@@H](c3c(O)ccc(C(=O)C=Cc4ccc(O)cc4)c3O)C=C(C)C[C@H]2c2ccc(O)cc2)c1O. The van der Waals surface area contributed by atoms with Crippen LogP contribution in [0.15, 0.2) is 102 Å². The van der Waals surface area contributed by atoms with Gasteiger partial charge in [-0.2, -0.15) is 0 Å². The molecule has 0 unspecified atom stereocenters. The summed E-state index contributed by atoms with van der Waals surface area (Å²) in [6.45, 7) is 5.64. The number of carbonyl (C=O) groups is 2. The maximum Gasteiger partial charge on any atom is 0.189 e. The van der Waals surface area contributed by atoms with Gasteiger partial charge in [0.05, 0.1) is 11.1 Å². The molecule has 1 aliphatic rings. The Hall–Kier alpha value is -5.76. The number of phenolic OH excluding ortho intramolecular Hbond substituents is 6. The van der Waals surface area contributed by atoms with Crippen molar-refractivity contribution >= 4 is 17.6 Å². The predicted molar refractivity (Wildman–Crippen MR) is 184 cm³/mol. The van der Waals surface area contributed by atoms with E-state index in [0.29, 0.717) is 12.0 Å². The molecule has 0 spiro atoms. The molecule has 8 heteroatoms. The zero-order chi connectivity index (χ0) is 34.7. The summed E-state index contributed by atoms with van der Waals surface area (Å²) >= 11 is 0. The number of allylic oxidation sites excluding steroid dienone is 5. The minimum Gasteiger partial charge on any atom is -0.508 e. The van der Waals surface area contributed by atoms with Gasteiger partial charge in [-0.05, 0) is 105 Å². The highest BCUT2D eigenvalue weighted by atomic mass is 16.3. The molecule has 0 radical (unpaired) electrons. The van der Waals surface area contributed by atoms with Gasteiger partial charge >= 0.3 is 0 Å². The molecule has 8 nitrogen and oxygen atoms in total. The molecule has 6 N–H and O–H groups in total. The molecule has 0 heterocycles. The first kappa shape index (κ1) is 33.6. The summed E-state index contributed by atoms with van der Waals surface area (Å²) < 4.78 is 0. The second-order valence-electron chi connectivity index (χ2n) is 12.5. The van der Waals surface area contributed by atoms with Gasteiger partial charge in [0.1, 0.15) is 34.5 Å². The molecule has 0 aromatic heterocycles. The molecule has 5 rings (SSSR count). The highest BCUT2D eigenvalue weighted by molar-refractivity contribution is 6.09. The van der Waals surface area contributed by atoms with Gasteiger partial charge in [-0.3, -0.25) is 9.59 Å². The van der Waals surface area contributed by atoms with Gasteiger partial charge in [0.15, 0.2) is 11.6 Å². The van der Waals surface area contributed by atoms with Crippen molar-refractivity contribution in [2.45, 2.75) is 45.4 Å². The van der Waals surface area contributed by atoms with Gasteiger partial charge in [0.25, 0.3) is 0 Å². The summed E-state index contributed by atoms with van der Waals surface area (Å²) in [6.07, 6.45) is 7.04. The first-order chi connectivity index (χ1) is 22.8. The lowest BCUT2D eigenvalue weighted by atomic mass is 9.65. The van der Waals surface area contributed by atoms with Crippen LogP contribution in [0.25, 0.3) is 6.08 Å². The standard InChI is InChI=1S/C40H38O8/c1-22(2)4-14-28-34(44)18-16-30(38(28)46)40(48)36-31(25-8-12-27(42)13-9-25)20-23(3)21-32(36)37-35(45)19-15-29(39(37)47)33(43)17-7-24-5-10-26(41)11-6-24/h4-13,15-19,21,31-32,36,41-42,44-47H,14,20H2,1-3H3/t31-,32-,36-/m0/s1. The van der Waals surface area contributed by atoms with E-state index in [1.165, 1.54) is 60.7 Å². The van der Waals surface area contributed by atoms with E-state index in [2.05, 4.69) is 0 Å². The first-order valence-electron chi connectivity index (χ1n) is 15.6. The van der Waals surface area contributed by atoms with Crippen molar-refractivity contribution < 1.29 is 40.2 Å². The van der Waals surface area contributed by atoms with Gasteiger partial charge in [0.2, 0.25) is 0 Å². The molecule has 0 fully saturated rings. The van der Waals surface area contributed by atoms with E-state index in [1.807, 2.05) is 26.8 Å². The molecular formula is C40H38O8. The fourth-order valence-electron chi connectivity index (χ4n) is 6.34. The largest absolute Gasteiger partial charge is 0.508 e. The van der Waals surface area contributed by atoms with Crippen LogP contribution in [0, 0.1) is 5.92 Å². The summed E-state index contributed by atoms with van der Waals surface area (Å²) in [7, 11) is 0. The highest BCUT2D eigenvalue weighted by Crippen LogP contribution is 2.52. The fourth-order valence-corrected chi connectivity index (χ4v) is 6.34. The third kappa shape index (κ3) is 6.98. The summed E-state index contributed by atoms with van der Waals surface area (Å²) in [6, 6.07) is 18.0. The van der Waals surface area contributed by atoms with Crippen molar-refractivity contribution in [3.05, 3.63) is 136 Å². The van der Waals surface area contributed by atoms with E-state index in [1.54, 1.807) is 30.3 Å². The molecule has 246 valence electrons. The van der Waals surface area contributed by atoms with Gasteiger partial charge in [-0.15, -0.1) is 0 Å². The van der Waals surface area contributed by atoms with Gasteiger partial charge in [-0.25, -0.2) is 0 Å². The number of hydrogen-bond acceptors (Lipinski definition) is 8. The molecule has 4 aromatic rings. The number of rotatable bonds is 9. The number of carbonyl (C=O) groups excluding carboxylic acids is 2. The Bertz CT molecular complexity index is 1940. The van der Waals surface area contributed by atoms with Crippen molar-refractivity contribution in [2.24, 2.45) is 5.92 Å². The molecule has 0 amide bonds. The van der Waals surface area contributed by atoms with E-state index in [0.717, 1.165) is 16.7 Å². The van der Waals surface area contributed by atoms with Crippen LogP contribution in [-0.4, -0.2) is 42.2 Å². The number of phenols is 6. The summed E-state index contributed by atoms with van der Waals surface area (Å²) in [4.78, 5) is 28.0. The number of ketones is 2. The molecule has 0 saturated carbocycles. The second kappa shape index (κ2) is 13.9. The summed E-state index contributed by atoms with van der Waals surface area (Å²) in [5, 5.41) is 64.3. The lowest BCUT2D eigenvalue weighted by molar-refractivity contribution is 0.0877. The summed E-state index contributed by atoms with van der Waals surface area (Å²) in [5.41, 5.74) is 3.26. The second-order valence-corrected chi connectivity index (χ2v) is 12.5. The minimum absolute atomic E-state index is 0.0110. The zero-order valence-corrected chi connectivity index (χ0v) is 26.9. The van der Waals surface area contributed by atoms with E-state index in [4.69, 9.17) is 0 Å². The topological polar surface area (TPSA) is 156 Å². The normalized spacial score (nSPS) is 17.6. The van der Waals surface area contributed by atoms with Crippen LogP contribution >= 0.6 is 0 Å². The Morgan fingerprint density at radius 1 is 0.750 bits per heavy atom. The number of Topliss-reactive ketones (excluding diaryl/α,β-unsaturated/α-hetero) is 1. The monoisotopic (exact) mass is 646 g/mol. The molecule has 3 atom stereocenters.